The summed E-state index contributed by atoms with van der Waals surface area (Å²) < 4.78 is 4.04. The fourth-order valence-electron chi connectivity index (χ4n) is 5.54. The van der Waals surface area contributed by atoms with Gasteiger partial charge in [-0.05, 0) is 94.0 Å². The molecule has 4 aromatic carbocycles. The topological polar surface area (TPSA) is 75.1 Å². The number of fused-ring (bicyclic) bond motifs is 2. The SMILES string of the molecule is Cl.OCc1cccc(-c2ccc3nc(-c4ccc(Cl)cc4)cn3c2)c1.OCc1cccc(-c2ccc3nc(-c4ccc(Cl)cc4)cn3c2)c1. The monoisotopic (exact) mass is 704 g/mol. The third-order valence-corrected chi connectivity index (χ3v) is 8.57. The van der Waals surface area contributed by atoms with Crippen LogP contribution in [0.15, 0.2) is 146 Å². The quantitative estimate of drug-likeness (QED) is 0.181. The lowest BCUT2D eigenvalue weighted by Gasteiger charge is -2.04. The number of rotatable bonds is 6. The summed E-state index contributed by atoms with van der Waals surface area (Å²) in [5.41, 5.74) is 11.8. The first-order valence-corrected chi connectivity index (χ1v) is 16.1. The molecule has 8 rings (SSSR count). The van der Waals surface area contributed by atoms with Crippen molar-refractivity contribution < 1.29 is 10.2 Å². The first-order chi connectivity index (χ1) is 23.4. The van der Waals surface area contributed by atoms with Gasteiger partial charge in [-0.15, -0.1) is 12.4 Å². The van der Waals surface area contributed by atoms with Gasteiger partial charge in [0.1, 0.15) is 11.3 Å². The number of pyridine rings is 2. The zero-order chi connectivity index (χ0) is 33.0. The molecule has 244 valence electrons. The fraction of sp³-hybridized carbons (Fsp3) is 0.0500. The first kappa shape index (κ1) is 33.9. The van der Waals surface area contributed by atoms with E-state index in [9.17, 15) is 10.2 Å². The van der Waals surface area contributed by atoms with Gasteiger partial charge >= 0.3 is 0 Å². The lowest BCUT2D eigenvalue weighted by atomic mass is 10.1. The Bertz CT molecular complexity index is 2180. The van der Waals surface area contributed by atoms with Gasteiger partial charge in [0.05, 0.1) is 24.6 Å². The number of benzene rings is 4. The Morgan fingerprint density at radius 1 is 0.449 bits per heavy atom. The number of hydrogen-bond donors (Lipinski definition) is 2. The summed E-state index contributed by atoms with van der Waals surface area (Å²) in [6.45, 7) is 0.0871. The maximum absolute atomic E-state index is 9.30. The number of aromatic nitrogens is 4. The molecule has 0 atom stereocenters. The molecular weight excluding hydrogens is 675 g/mol. The van der Waals surface area contributed by atoms with E-state index in [4.69, 9.17) is 23.2 Å². The lowest BCUT2D eigenvalue weighted by Crippen LogP contribution is -1.87. The van der Waals surface area contributed by atoms with E-state index < -0.39 is 0 Å². The smallest absolute Gasteiger partial charge is 0.137 e. The van der Waals surface area contributed by atoms with Crippen LogP contribution in [0.5, 0.6) is 0 Å². The van der Waals surface area contributed by atoms with Crippen LogP contribution in [0.4, 0.5) is 0 Å². The summed E-state index contributed by atoms with van der Waals surface area (Å²) >= 11 is 11.9. The van der Waals surface area contributed by atoms with E-state index in [-0.39, 0.29) is 25.6 Å². The highest BCUT2D eigenvalue weighted by Crippen LogP contribution is 2.27. The highest BCUT2D eigenvalue weighted by molar-refractivity contribution is 6.30. The number of aliphatic hydroxyl groups is 2. The highest BCUT2D eigenvalue weighted by atomic mass is 35.5. The van der Waals surface area contributed by atoms with Crippen LogP contribution in [-0.2, 0) is 13.2 Å². The molecule has 6 nitrogen and oxygen atoms in total. The van der Waals surface area contributed by atoms with Gasteiger partial charge in [0.2, 0.25) is 0 Å². The van der Waals surface area contributed by atoms with Gasteiger partial charge in [-0.2, -0.15) is 0 Å². The van der Waals surface area contributed by atoms with Crippen LogP contribution < -0.4 is 0 Å². The second-order valence-corrected chi connectivity index (χ2v) is 12.2. The van der Waals surface area contributed by atoms with Crippen LogP contribution >= 0.6 is 35.6 Å². The van der Waals surface area contributed by atoms with Gasteiger partial charge in [0.15, 0.2) is 0 Å². The van der Waals surface area contributed by atoms with Crippen molar-refractivity contribution in [2.24, 2.45) is 0 Å². The van der Waals surface area contributed by atoms with Crippen molar-refractivity contribution in [2.75, 3.05) is 0 Å². The Balaban J connectivity index is 0.000000167. The molecule has 8 aromatic rings. The zero-order valence-corrected chi connectivity index (χ0v) is 28.4. The number of imidazole rings is 2. The van der Waals surface area contributed by atoms with E-state index in [2.05, 4.69) is 22.4 Å². The Kier molecular flexibility index (Phi) is 10.4. The van der Waals surface area contributed by atoms with Gasteiger partial charge in [-0.3, -0.25) is 0 Å². The Labute approximate surface area is 299 Å². The van der Waals surface area contributed by atoms with Gasteiger partial charge < -0.3 is 19.0 Å². The molecule has 0 unspecified atom stereocenters. The Hall–Kier alpha value is -4.95. The Morgan fingerprint density at radius 2 is 0.837 bits per heavy atom. The van der Waals surface area contributed by atoms with E-state index in [1.807, 2.05) is 143 Å². The van der Waals surface area contributed by atoms with Crippen LogP contribution in [0, 0.1) is 0 Å². The van der Waals surface area contributed by atoms with Gasteiger partial charge in [0, 0.05) is 46.0 Å². The molecule has 9 heteroatoms. The molecule has 49 heavy (non-hydrogen) atoms. The maximum Gasteiger partial charge on any atom is 0.137 e. The van der Waals surface area contributed by atoms with Gasteiger partial charge in [-0.1, -0.05) is 83.9 Å². The van der Waals surface area contributed by atoms with Crippen molar-refractivity contribution in [3.05, 3.63) is 167 Å². The minimum absolute atomic E-state index is 0. The lowest BCUT2D eigenvalue weighted by molar-refractivity contribution is 0.281. The molecule has 0 saturated heterocycles. The molecule has 0 bridgehead atoms. The standard InChI is InChI=1S/2C20H15ClN2O.ClH/c2*21-18-7-4-15(5-8-18)19-12-23-11-17(6-9-20(23)22-19)16-3-1-2-14(10-16)13-24;/h2*1-12,24H,13H2;1H. The van der Waals surface area contributed by atoms with E-state index in [1.54, 1.807) is 0 Å². The number of nitrogens with zero attached hydrogens (tertiary/aromatic N) is 4. The minimum atomic E-state index is 0. The van der Waals surface area contributed by atoms with E-state index in [1.165, 1.54) is 0 Å². The predicted octanol–water partition coefficient (Wildman–Crippen LogP) is 10.0. The molecule has 0 fully saturated rings. The summed E-state index contributed by atoms with van der Waals surface area (Å²) in [4.78, 5) is 9.32. The number of hydrogen-bond acceptors (Lipinski definition) is 4. The van der Waals surface area contributed by atoms with Crippen LogP contribution in [0.2, 0.25) is 10.0 Å². The third-order valence-electron chi connectivity index (χ3n) is 8.07. The summed E-state index contributed by atoms with van der Waals surface area (Å²) in [5.74, 6) is 0. The van der Waals surface area contributed by atoms with Crippen LogP contribution in [0.25, 0.3) is 56.1 Å². The van der Waals surface area contributed by atoms with E-state index >= 15 is 0 Å². The largest absolute Gasteiger partial charge is 0.392 e. The second kappa shape index (κ2) is 15.1. The average Bonchev–Trinajstić information content (AvgIpc) is 3.76. The highest BCUT2D eigenvalue weighted by Gasteiger charge is 2.08. The number of halogens is 3. The van der Waals surface area contributed by atoms with E-state index in [0.717, 1.165) is 67.2 Å². The molecule has 0 aliphatic heterocycles. The molecule has 0 radical (unpaired) electrons. The van der Waals surface area contributed by atoms with Crippen molar-refractivity contribution in [3.8, 4) is 44.8 Å². The molecule has 0 spiro atoms. The summed E-state index contributed by atoms with van der Waals surface area (Å²) in [6, 6.07) is 39.3. The van der Waals surface area contributed by atoms with Crippen molar-refractivity contribution >= 4 is 46.9 Å². The third kappa shape index (κ3) is 7.70. The fourth-order valence-corrected chi connectivity index (χ4v) is 5.80. The van der Waals surface area contributed by atoms with Crippen LogP contribution in [0.3, 0.4) is 0 Å². The summed E-state index contributed by atoms with van der Waals surface area (Å²) in [7, 11) is 0. The Morgan fingerprint density at radius 3 is 1.22 bits per heavy atom. The van der Waals surface area contributed by atoms with E-state index in [0.29, 0.717) is 10.0 Å². The normalized spacial score (nSPS) is 10.9. The second-order valence-electron chi connectivity index (χ2n) is 11.3. The molecule has 2 N–H and O–H groups in total. The zero-order valence-electron chi connectivity index (χ0n) is 26.1. The molecule has 0 aliphatic carbocycles. The van der Waals surface area contributed by atoms with Gasteiger partial charge in [0.25, 0.3) is 0 Å². The minimum Gasteiger partial charge on any atom is -0.392 e. The molecule has 0 aliphatic rings. The van der Waals surface area contributed by atoms with Crippen LogP contribution in [-0.4, -0.2) is 29.0 Å². The summed E-state index contributed by atoms with van der Waals surface area (Å²) in [5, 5.41) is 20.0. The van der Waals surface area contributed by atoms with Gasteiger partial charge in [-0.25, -0.2) is 9.97 Å². The number of aliphatic hydroxyl groups excluding tert-OH is 2. The molecule has 4 heterocycles. The van der Waals surface area contributed by atoms with Crippen molar-refractivity contribution in [1.82, 2.24) is 18.8 Å². The average molecular weight is 706 g/mol. The molecule has 4 aromatic heterocycles. The van der Waals surface area contributed by atoms with Crippen molar-refractivity contribution in [2.45, 2.75) is 13.2 Å². The van der Waals surface area contributed by atoms with Crippen molar-refractivity contribution in [3.63, 3.8) is 0 Å². The summed E-state index contributed by atoms with van der Waals surface area (Å²) in [6.07, 6.45) is 8.13. The van der Waals surface area contributed by atoms with Crippen molar-refractivity contribution in [1.29, 1.82) is 0 Å². The molecule has 0 saturated carbocycles. The first-order valence-electron chi connectivity index (χ1n) is 15.4. The molecular formula is C40H31Cl3N4O2. The molecule has 0 amide bonds. The maximum atomic E-state index is 9.30. The van der Waals surface area contributed by atoms with Crippen LogP contribution in [0.1, 0.15) is 11.1 Å². The predicted molar refractivity (Wildman–Crippen MR) is 201 cm³/mol.